The summed E-state index contributed by atoms with van der Waals surface area (Å²) in [5, 5.41) is 0. The molecule has 1 heterocycles. The van der Waals surface area contributed by atoms with Gasteiger partial charge < -0.3 is 9.53 Å². The van der Waals surface area contributed by atoms with Crippen LogP contribution in [0.15, 0.2) is 53.4 Å². The third-order valence-electron chi connectivity index (χ3n) is 5.84. The molecule has 0 amide bonds. The fraction of sp³-hybridized carbons (Fsp3) is 0.417. The molecular formula is C24H29NO5S. The SMILES string of the molecule is CCOC(=O)CCCC1(C=O)CCN(S(=O)(=O)c2ccc(C)cc2)c2ccccc2C1. The Balaban J connectivity index is 1.90. The Bertz CT molecular complexity index is 1030. The fourth-order valence-corrected chi connectivity index (χ4v) is 5.60. The number of nitrogens with zero attached hydrogens (tertiary/aromatic N) is 1. The molecule has 0 aromatic heterocycles. The summed E-state index contributed by atoms with van der Waals surface area (Å²) in [6, 6.07) is 14.1. The number of anilines is 1. The van der Waals surface area contributed by atoms with Crippen molar-refractivity contribution in [2.24, 2.45) is 5.41 Å². The number of carbonyl (C=O) groups is 2. The van der Waals surface area contributed by atoms with E-state index in [1.54, 1.807) is 37.3 Å². The first-order chi connectivity index (χ1) is 14.8. The van der Waals surface area contributed by atoms with E-state index < -0.39 is 15.4 Å². The summed E-state index contributed by atoms with van der Waals surface area (Å²) < 4.78 is 33.3. The molecule has 1 unspecified atom stereocenters. The molecule has 1 aliphatic heterocycles. The number of hydrogen-bond donors (Lipinski definition) is 0. The van der Waals surface area contributed by atoms with Crippen LogP contribution in [0.1, 0.15) is 43.7 Å². The highest BCUT2D eigenvalue weighted by Crippen LogP contribution is 2.40. The van der Waals surface area contributed by atoms with Crippen molar-refractivity contribution in [2.45, 2.75) is 50.8 Å². The topological polar surface area (TPSA) is 80.8 Å². The van der Waals surface area contributed by atoms with Gasteiger partial charge in [-0.3, -0.25) is 9.10 Å². The van der Waals surface area contributed by atoms with Gasteiger partial charge in [0, 0.05) is 18.4 Å². The first-order valence-corrected chi connectivity index (χ1v) is 12.0. The van der Waals surface area contributed by atoms with Crippen LogP contribution in [0, 0.1) is 12.3 Å². The van der Waals surface area contributed by atoms with Gasteiger partial charge in [-0.05, 0) is 63.3 Å². The fourth-order valence-electron chi connectivity index (χ4n) is 4.09. The van der Waals surface area contributed by atoms with Crippen molar-refractivity contribution in [3.05, 3.63) is 59.7 Å². The van der Waals surface area contributed by atoms with Crippen LogP contribution in [0.5, 0.6) is 0 Å². The van der Waals surface area contributed by atoms with Crippen LogP contribution in [-0.4, -0.2) is 33.8 Å². The van der Waals surface area contributed by atoms with E-state index in [1.807, 2.05) is 25.1 Å². The first-order valence-electron chi connectivity index (χ1n) is 10.6. The number of para-hydroxylation sites is 1. The van der Waals surface area contributed by atoms with Crippen molar-refractivity contribution >= 4 is 28.0 Å². The molecule has 1 aliphatic rings. The van der Waals surface area contributed by atoms with Crippen molar-refractivity contribution < 1.29 is 22.7 Å². The summed E-state index contributed by atoms with van der Waals surface area (Å²) in [5.74, 6) is -0.277. The lowest BCUT2D eigenvalue weighted by Crippen LogP contribution is -2.34. The largest absolute Gasteiger partial charge is 0.466 e. The van der Waals surface area contributed by atoms with E-state index >= 15 is 0 Å². The number of fused-ring (bicyclic) bond motifs is 1. The molecule has 2 aromatic carbocycles. The maximum atomic E-state index is 13.5. The van der Waals surface area contributed by atoms with Gasteiger partial charge in [-0.1, -0.05) is 35.9 Å². The molecule has 0 aliphatic carbocycles. The van der Waals surface area contributed by atoms with Crippen LogP contribution in [0.25, 0.3) is 0 Å². The lowest BCUT2D eigenvalue weighted by Gasteiger charge is -2.27. The number of rotatable bonds is 8. The third kappa shape index (κ3) is 5.15. The number of esters is 1. The van der Waals surface area contributed by atoms with Gasteiger partial charge in [0.1, 0.15) is 6.29 Å². The second kappa shape index (κ2) is 9.64. The zero-order valence-electron chi connectivity index (χ0n) is 18.0. The van der Waals surface area contributed by atoms with Gasteiger partial charge in [-0.15, -0.1) is 0 Å². The Morgan fingerprint density at radius 2 is 1.87 bits per heavy atom. The number of benzene rings is 2. The Morgan fingerprint density at radius 1 is 1.16 bits per heavy atom. The summed E-state index contributed by atoms with van der Waals surface area (Å²) in [4.78, 5) is 24.2. The van der Waals surface area contributed by atoms with Crippen LogP contribution < -0.4 is 4.31 Å². The molecule has 0 saturated carbocycles. The molecule has 6 nitrogen and oxygen atoms in total. The molecule has 31 heavy (non-hydrogen) atoms. The molecule has 0 spiro atoms. The molecule has 3 rings (SSSR count). The highest BCUT2D eigenvalue weighted by Gasteiger charge is 2.38. The van der Waals surface area contributed by atoms with Gasteiger partial charge >= 0.3 is 5.97 Å². The Labute approximate surface area is 184 Å². The standard InChI is InChI=1S/C24H29NO5S/c1-3-30-23(27)9-6-14-24(18-26)15-16-25(22-8-5-4-7-20(22)17-24)31(28,29)21-12-10-19(2)11-13-21/h4-5,7-8,10-13,18H,3,6,9,14-17H2,1-2H3. The van der Waals surface area contributed by atoms with E-state index in [4.69, 9.17) is 4.74 Å². The Kier molecular flexibility index (Phi) is 7.15. The number of ether oxygens (including phenoxy) is 1. The summed E-state index contributed by atoms with van der Waals surface area (Å²) in [5.41, 5.74) is 1.69. The smallest absolute Gasteiger partial charge is 0.305 e. The minimum Gasteiger partial charge on any atom is -0.466 e. The zero-order chi connectivity index (χ0) is 22.5. The van der Waals surface area contributed by atoms with Crippen LogP contribution in [0.4, 0.5) is 5.69 Å². The zero-order valence-corrected chi connectivity index (χ0v) is 18.9. The van der Waals surface area contributed by atoms with Gasteiger partial charge in [-0.25, -0.2) is 8.42 Å². The Morgan fingerprint density at radius 3 is 2.55 bits per heavy atom. The predicted octanol–water partition coefficient (Wildman–Crippen LogP) is 4.06. The van der Waals surface area contributed by atoms with E-state index in [-0.39, 0.29) is 23.8 Å². The molecule has 166 valence electrons. The van der Waals surface area contributed by atoms with Gasteiger partial charge in [0.15, 0.2) is 0 Å². The number of sulfonamides is 1. The van der Waals surface area contributed by atoms with Crippen molar-refractivity contribution in [1.82, 2.24) is 0 Å². The maximum absolute atomic E-state index is 13.5. The third-order valence-corrected chi connectivity index (χ3v) is 7.66. The van der Waals surface area contributed by atoms with Gasteiger partial charge in [0.25, 0.3) is 10.0 Å². The highest BCUT2D eigenvalue weighted by molar-refractivity contribution is 7.92. The molecule has 0 saturated heterocycles. The normalized spacial score (nSPS) is 18.7. The quantitative estimate of drug-likeness (QED) is 0.454. The second-order valence-electron chi connectivity index (χ2n) is 8.08. The average molecular weight is 444 g/mol. The van der Waals surface area contributed by atoms with E-state index in [1.165, 1.54) is 4.31 Å². The molecule has 1 atom stereocenters. The first kappa shape index (κ1) is 23.0. The Hall–Kier alpha value is -2.67. The lowest BCUT2D eigenvalue weighted by atomic mass is 9.76. The monoisotopic (exact) mass is 443 g/mol. The number of carbonyl (C=O) groups excluding carboxylic acids is 2. The summed E-state index contributed by atoms with van der Waals surface area (Å²) >= 11 is 0. The van der Waals surface area contributed by atoms with Gasteiger partial charge in [0.2, 0.25) is 0 Å². The van der Waals surface area contributed by atoms with Crippen molar-refractivity contribution in [3.63, 3.8) is 0 Å². The average Bonchev–Trinajstić information content (AvgIpc) is 2.92. The summed E-state index contributed by atoms with van der Waals surface area (Å²) in [6.45, 7) is 4.20. The van der Waals surface area contributed by atoms with E-state index in [0.717, 1.165) is 17.4 Å². The summed E-state index contributed by atoms with van der Waals surface area (Å²) in [6.07, 6.45) is 3.04. The molecule has 2 aromatic rings. The van der Waals surface area contributed by atoms with Gasteiger partial charge in [-0.2, -0.15) is 0 Å². The van der Waals surface area contributed by atoms with Crippen molar-refractivity contribution in [2.75, 3.05) is 17.5 Å². The lowest BCUT2D eigenvalue weighted by molar-refractivity contribution is -0.143. The van der Waals surface area contributed by atoms with Crippen LogP contribution in [0.3, 0.4) is 0 Å². The van der Waals surface area contributed by atoms with Crippen LogP contribution in [-0.2, 0) is 30.8 Å². The second-order valence-corrected chi connectivity index (χ2v) is 9.95. The highest BCUT2D eigenvalue weighted by atomic mass is 32.2. The van der Waals surface area contributed by atoms with Crippen molar-refractivity contribution in [3.8, 4) is 0 Å². The van der Waals surface area contributed by atoms with E-state index in [0.29, 0.717) is 38.0 Å². The molecule has 7 heteroatoms. The van der Waals surface area contributed by atoms with E-state index in [2.05, 4.69) is 0 Å². The minimum atomic E-state index is -3.77. The number of hydrogen-bond acceptors (Lipinski definition) is 5. The molecule has 0 fully saturated rings. The minimum absolute atomic E-state index is 0.200. The summed E-state index contributed by atoms with van der Waals surface area (Å²) in [7, 11) is -3.77. The van der Waals surface area contributed by atoms with E-state index in [9.17, 15) is 18.0 Å². The van der Waals surface area contributed by atoms with Crippen LogP contribution >= 0.6 is 0 Å². The predicted molar refractivity (Wildman–Crippen MR) is 119 cm³/mol. The number of aryl methyl sites for hydroxylation is 1. The molecule has 0 N–H and O–H groups in total. The number of aldehydes is 1. The maximum Gasteiger partial charge on any atom is 0.305 e. The molecular weight excluding hydrogens is 414 g/mol. The van der Waals surface area contributed by atoms with Gasteiger partial charge in [0.05, 0.1) is 17.2 Å². The molecule has 0 radical (unpaired) electrons. The van der Waals surface area contributed by atoms with Crippen molar-refractivity contribution in [1.29, 1.82) is 0 Å². The molecule has 0 bridgehead atoms. The van der Waals surface area contributed by atoms with Crippen LogP contribution in [0.2, 0.25) is 0 Å².